The number of primary amides is 2. The number of carbonyl (C=O) groups is 3. The number of piperazine rings is 1. The Labute approximate surface area is 393 Å². The van der Waals surface area contributed by atoms with Crippen LogP contribution in [-0.2, 0) is 30.9 Å². The van der Waals surface area contributed by atoms with Crippen LogP contribution < -0.4 is 26.3 Å². The summed E-state index contributed by atoms with van der Waals surface area (Å²) in [6, 6.07) is 10.3. The highest BCUT2D eigenvalue weighted by molar-refractivity contribution is 6.12. The standard InChI is InChI=1S/C48H60N14O6/c1-7-61-37(23-30(3)55-61)45-51-29-35-34-25-32(43(49)63)27-39(68-22-12-20-66-6)41(34)59(46(35)53-45)14-9-10-15-60-42-36(52-48(60)54-47(65)38-24-31(4)56-62(38)8-2)26-33(44(50)64)28-40(42)67-21-11-13-58-18-16-57(5)17-19-58/h9-10,23-29H,7-8,11-22H2,1-6H3,(H2,49,63)(H2,50,64)(H,52,54,65)/b10-9+. The first-order valence-electron chi connectivity index (χ1n) is 23.0. The Morgan fingerprint density at radius 1 is 0.750 bits per heavy atom. The number of benzene rings is 2. The van der Waals surface area contributed by atoms with E-state index in [2.05, 4.69) is 32.4 Å². The van der Waals surface area contributed by atoms with Crippen LogP contribution in [-0.4, -0.2) is 138 Å². The number of anilines is 1. The molecule has 0 unspecified atom stereocenters. The van der Waals surface area contributed by atoms with E-state index in [0.29, 0.717) is 108 Å². The second-order valence-electron chi connectivity index (χ2n) is 17.0. The molecule has 20 heteroatoms. The number of hydrogen-bond donors (Lipinski definition) is 3. The fraction of sp³-hybridized carbons (Fsp3) is 0.417. The summed E-state index contributed by atoms with van der Waals surface area (Å²) in [5.74, 6) is -0.0218. The zero-order valence-corrected chi connectivity index (χ0v) is 39.6. The topological polar surface area (TPSA) is 234 Å². The van der Waals surface area contributed by atoms with Gasteiger partial charge in [0.1, 0.15) is 34.1 Å². The molecule has 0 spiro atoms. The number of nitrogens with zero attached hydrogens (tertiary/aromatic N) is 11. The molecule has 0 radical (unpaired) electrons. The number of hydrogen-bond acceptors (Lipinski definition) is 13. The lowest BCUT2D eigenvalue weighted by molar-refractivity contribution is 0.0991. The molecule has 5 aromatic heterocycles. The van der Waals surface area contributed by atoms with Crippen molar-refractivity contribution in [2.24, 2.45) is 11.5 Å². The minimum absolute atomic E-state index is 0.226. The first-order chi connectivity index (χ1) is 32.9. The number of methoxy groups -OCH3 is 1. The summed E-state index contributed by atoms with van der Waals surface area (Å²) in [5, 5.41) is 13.5. The Balaban J connectivity index is 1.20. The second kappa shape index (κ2) is 20.8. The maximum absolute atomic E-state index is 14.0. The molecule has 3 amide bonds. The molecular weight excluding hydrogens is 869 g/mol. The predicted octanol–water partition coefficient (Wildman–Crippen LogP) is 4.79. The highest BCUT2D eigenvalue weighted by atomic mass is 16.5. The Kier molecular flexibility index (Phi) is 14.5. The van der Waals surface area contributed by atoms with Crippen molar-refractivity contribution in [2.45, 2.75) is 66.7 Å². The van der Waals surface area contributed by atoms with Crippen molar-refractivity contribution in [2.75, 3.05) is 72.0 Å². The second-order valence-corrected chi connectivity index (χ2v) is 17.0. The Bertz CT molecular complexity index is 3010. The van der Waals surface area contributed by atoms with Crippen molar-refractivity contribution in [3.8, 4) is 23.0 Å². The fourth-order valence-corrected chi connectivity index (χ4v) is 8.66. The minimum Gasteiger partial charge on any atom is -0.491 e. The first kappa shape index (κ1) is 47.3. The van der Waals surface area contributed by atoms with Crippen molar-refractivity contribution in [1.82, 2.24) is 53.4 Å². The summed E-state index contributed by atoms with van der Waals surface area (Å²) in [7, 11) is 3.76. The molecule has 5 N–H and O–H groups in total. The van der Waals surface area contributed by atoms with Crippen LogP contribution in [0.4, 0.5) is 5.95 Å². The molecule has 1 aliphatic heterocycles. The van der Waals surface area contributed by atoms with Crippen molar-refractivity contribution < 1.29 is 28.6 Å². The molecule has 20 nitrogen and oxygen atoms in total. The van der Waals surface area contributed by atoms with E-state index in [1.165, 1.54) is 0 Å². The summed E-state index contributed by atoms with van der Waals surface area (Å²) < 4.78 is 25.5. The van der Waals surface area contributed by atoms with Crippen LogP contribution in [0.3, 0.4) is 0 Å². The molecule has 68 heavy (non-hydrogen) atoms. The van der Waals surface area contributed by atoms with Gasteiger partial charge in [-0.05, 0) is 77.6 Å². The summed E-state index contributed by atoms with van der Waals surface area (Å²) >= 11 is 0. The zero-order chi connectivity index (χ0) is 48.1. The van der Waals surface area contributed by atoms with Gasteiger partial charge in [0.15, 0.2) is 5.82 Å². The molecule has 0 aliphatic carbocycles. The van der Waals surface area contributed by atoms with Crippen molar-refractivity contribution in [3.05, 3.63) is 83.0 Å². The third kappa shape index (κ3) is 10.1. The molecule has 6 heterocycles. The van der Waals surface area contributed by atoms with Gasteiger partial charge in [0.2, 0.25) is 17.8 Å². The summed E-state index contributed by atoms with van der Waals surface area (Å²) in [4.78, 5) is 58.9. The lowest BCUT2D eigenvalue weighted by Gasteiger charge is -2.32. The summed E-state index contributed by atoms with van der Waals surface area (Å²) in [5.41, 5.74) is 17.2. The number of ether oxygens (including phenoxy) is 3. The van der Waals surface area contributed by atoms with Gasteiger partial charge in [0, 0.05) is 107 Å². The van der Waals surface area contributed by atoms with Gasteiger partial charge in [-0.15, -0.1) is 0 Å². The third-order valence-corrected chi connectivity index (χ3v) is 12.1. The molecule has 0 atom stereocenters. The monoisotopic (exact) mass is 928 g/mol. The number of nitrogens with two attached hydrogens (primary N) is 2. The maximum Gasteiger partial charge on any atom is 0.276 e. The van der Waals surface area contributed by atoms with Gasteiger partial charge in [-0.2, -0.15) is 10.2 Å². The number of aromatic nitrogens is 9. The molecular formula is C48H60N14O6. The van der Waals surface area contributed by atoms with Gasteiger partial charge in [-0.25, -0.2) is 15.0 Å². The third-order valence-electron chi connectivity index (χ3n) is 12.1. The number of carbonyl (C=O) groups excluding carboxylic acids is 3. The van der Waals surface area contributed by atoms with E-state index in [4.69, 9.17) is 40.6 Å². The highest BCUT2D eigenvalue weighted by Crippen LogP contribution is 2.37. The van der Waals surface area contributed by atoms with Crippen LogP contribution in [0.2, 0.25) is 0 Å². The largest absolute Gasteiger partial charge is 0.491 e. The molecule has 8 rings (SSSR count). The number of rotatable bonds is 21. The number of nitrogens with one attached hydrogen (secondary N) is 1. The highest BCUT2D eigenvalue weighted by Gasteiger charge is 2.24. The van der Waals surface area contributed by atoms with Crippen molar-refractivity contribution >= 4 is 56.6 Å². The molecule has 1 aliphatic rings. The van der Waals surface area contributed by atoms with E-state index < -0.39 is 17.7 Å². The molecule has 2 aromatic carbocycles. The van der Waals surface area contributed by atoms with Gasteiger partial charge in [-0.3, -0.25) is 29.1 Å². The Morgan fingerprint density at radius 2 is 1.40 bits per heavy atom. The van der Waals surface area contributed by atoms with E-state index in [0.717, 1.165) is 50.5 Å². The van der Waals surface area contributed by atoms with Crippen molar-refractivity contribution in [1.29, 1.82) is 0 Å². The lowest BCUT2D eigenvalue weighted by atomic mass is 10.1. The lowest BCUT2D eigenvalue weighted by Crippen LogP contribution is -2.44. The van der Waals surface area contributed by atoms with Crippen LogP contribution in [0.1, 0.15) is 69.3 Å². The van der Waals surface area contributed by atoms with E-state index in [9.17, 15) is 14.4 Å². The quantitative estimate of drug-likeness (QED) is 0.0651. The maximum atomic E-state index is 14.0. The normalized spacial score (nSPS) is 13.7. The molecule has 358 valence electrons. The SMILES string of the molecule is CCn1nc(C)cc1C(=O)Nc1nc2cc(C(N)=O)cc(OCCCN3CCN(C)CC3)c2n1C/C=C/Cn1c2nc(-c3cc(C)nn3CC)ncc2c2cc(C(N)=O)cc(OCCCOC)c21. The molecule has 0 saturated carbocycles. The Hall–Kier alpha value is -7.16. The van der Waals surface area contributed by atoms with Crippen LogP contribution in [0, 0.1) is 13.8 Å². The van der Waals surface area contributed by atoms with Gasteiger partial charge >= 0.3 is 0 Å². The number of imidazole rings is 1. The average molecular weight is 929 g/mol. The van der Waals surface area contributed by atoms with E-state index in [1.807, 2.05) is 59.7 Å². The van der Waals surface area contributed by atoms with E-state index >= 15 is 0 Å². The summed E-state index contributed by atoms with van der Waals surface area (Å²) in [6.45, 7) is 15.4. The predicted molar refractivity (Wildman–Crippen MR) is 259 cm³/mol. The number of fused-ring (bicyclic) bond motifs is 4. The van der Waals surface area contributed by atoms with Gasteiger partial charge < -0.3 is 44.6 Å². The molecule has 7 aromatic rings. The fourth-order valence-electron chi connectivity index (χ4n) is 8.66. The number of likely N-dealkylation sites (N-methyl/N-ethyl adjacent to an activating group) is 1. The average Bonchev–Trinajstić information content (AvgIpc) is 4.09. The van der Waals surface area contributed by atoms with E-state index in [1.54, 1.807) is 48.3 Å². The van der Waals surface area contributed by atoms with Crippen LogP contribution in [0.25, 0.3) is 44.5 Å². The summed E-state index contributed by atoms with van der Waals surface area (Å²) in [6.07, 6.45) is 7.08. The van der Waals surface area contributed by atoms with Gasteiger partial charge in [-0.1, -0.05) is 12.2 Å². The van der Waals surface area contributed by atoms with Crippen LogP contribution in [0.5, 0.6) is 11.5 Å². The van der Waals surface area contributed by atoms with Crippen LogP contribution >= 0.6 is 0 Å². The van der Waals surface area contributed by atoms with E-state index in [-0.39, 0.29) is 23.6 Å². The first-order valence-corrected chi connectivity index (χ1v) is 23.0. The molecule has 1 saturated heterocycles. The minimum atomic E-state index is -0.631. The zero-order valence-electron chi connectivity index (χ0n) is 39.6. The number of amides is 3. The van der Waals surface area contributed by atoms with Gasteiger partial charge in [0.25, 0.3) is 5.91 Å². The molecule has 1 fully saturated rings. The van der Waals surface area contributed by atoms with Crippen molar-refractivity contribution in [3.63, 3.8) is 0 Å². The Morgan fingerprint density at radius 3 is 2.09 bits per heavy atom. The van der Waals surface area contributed by atoms with Gasteiger partial charge in [0.05, 0.1) is 35.6 Å². The number of aryl methyl sites for hydroxylation is 4. The smallest absolute Gasteiger partial charge is 0.276 e. The van der Waals surface area contributed by atoms with Crippen LogP contribution in [0.15, 0.2) is 54.7 Å². The molecule has 0 bridgehead atoms. The number of allylic oxidation sites excluding steroid dienone is 2.